The number of carboxylic acid groups (broad SMARTS) is 1. The summed E-state index contributed by atoms with van der Waals surface area (Å²) < 4.78 is 5.21. The third-order valence-corrected chi connectivity index (χ3v) is 5.33. The maximum absolute atomic E-state index is 12.2. The smallest absolute Gasteiger partial charge is 0.414 e. The normalized spacial score (nSPS) is 11.4. The van der Waals surface area contributed by atoms with Crippen LogP contribution >= 0.6 is 0 Å². The monoisotopic (exact) mass is 486 g/mol. The van der Waals surface area contributed by atoms with Crippen molar-refractivity contribution < 1.29 is 24.2 Å². The topological polar surface area (TPSA) is 128 Å². The van der Waals surface area contributed by atoms with Crippen molar-refractivity contribution >= 4 is 35.4 Å². The largest absolute Gasteiger partial charge is 0.480 e. The van der Waals surface area contributed by atoms with E-state index in [1.807, 2.05) is 25.7 Å². The molecule has 0 saturated carbocycles. The molecule has 0 unspecified atom stereocenters. The van der Waals surface area contributed by atoms with Crippen LogP contribution in [0, 0.1) is 0 Å². The number of rotatable bonds is 11. The highest BCUT2D eigenvalue weighted by molar-refractivity contribution is 5.95. The minimum Gasteiger partial charge on any atom is -0.480 e. The highest BCUT2D eigenvalue weighted by Crippen LogP contribution is 2.27. The van der Waals surface area contributed by atoms with Crippen molar-refractivity contribution in [2.24, 2.45) is 0 Å². The van der Waals surface area contributed by atoms with Crippen LogP contribution in [-0.2, 0) is 16.0 Å². The van der Waals surface area contributed by atoms with E-state index >= 15 is 0 Å². The van der Waals surface area contributed by atoms with Crippen LogP contribution in [0.15, 0.2) is 30.5 Å². The van der Waals surface area contributed by atoms with Gasteiger partial charge in [-0.05, 0) is 38.5 Å². The fourth-order valence-electron chi connectivity index (χ4n) is 3.38. The van der Waals surface area contributed by atoms with Gasteiger partial charge >= 0.3 is 12.1 Å². The van der Waals surface area contributed by atoms with E-state index in [0.29, 0.717) is 42.6 Å². The maximum atomic E-state index is 12.2. The Bertz CT molecular complexity index is 1020. The molecule has 190 valence electrons. The van der Waals surface area contributed by atoms with Gasteiger partial charge in [0.25, 0.3) is 0 Å². The number of aromatic nitrogens is 2. The van der Waals surface area contributed by atoms with Gasteiger partial charge in [0.15, 0.2) is 5.82 Å². The molecule has 11 nitrogen and oxygen atoms in total. The summed E-state index contributed by atoms with van der Waals surface area (Å²) in [5, 5.41) is 12.9. The number of carboxylic acids is 1. The lowest BCUT2D eigenvalue weighted by Gasteiger charge is -2.26. The van der Waals surface area contributed by atoms with Crippen LogP contribution in [0.2, 0.25) is 0 Å². The van der Waals surface area contributed by atoms with E-state index in [2.05, 4.69) is 15.3 Å². The fourth-order valence-corrected chi connectivity index (χ4v) is 3.38. The predicted octanol–water partition coefficient (Wildman–Crippen LogP) is 2.86. The first-order valence-electron chi connectivity index (χ1n) is 11.5. The second kappa shape index (κ2) is 12.5. The Kier molecular flexibility index (Phi) is 9.80. The number of benzene rings is 1. The lowest BCUT2D eigenvalue weighted by atomic mass is 10.1. The maximum Gasteiger partial charge on any atom is 0.414 e. The SMILES string of the molecule is CCN(CC)c1ncc(N(CC)C(C)=O)c(N[C@@H](Cc2ccc(OC(=O)N(C)C)cc2)C(=O)O)n1. The molecule has 0 saturated heterocycles. The van der Waals surface area contributed by atoms with Crippen LogP contribution in [0.5, 0.6) is 5.75 Å². The molecule has 1 aromatic heterocycles. The van der Waals surface area contributed by atoms with E-state index in [1.165, 1.54) is 16.7 Å². The van der Waals surface area contributed by atoms with Gasteiger partial charge in [-0.25, -0.2) is 14.6 Å². The quantitative estimate of drug-likeness (QED) is 0.493. The molecule has 2 aromatic rings. The second-order valence-electron chi connectivity index (χ2n) is 7.99. The molecule has 0 aliphatic heterocycles. The molecule has 0 aliphatic rings. The molecular weight excluding hydrogens is 452 g/mol. The summed E-state index contributed by atoms with van der Waals surface area (Å²) in [4.78, 5) is 49.8. The summed E-state index contributed by atoms with van der Waals surface area (Å²) in [5.74, 6) is -0.216. The number of ether oxygens (including phenoxy) is 1. The van der Waals surface area contributed by atoms with E-state index in [1.54, 1.807) is 44.6 Å². The molecule has 0 radical (unpaired) electrons. The summed E-state index contributed by atoms with van der Waals surface area (Å²) in [7, 11) is 3.16. The summed E-state index contributed by atoms with van der Waals surface area (Å²) in [6.45, 7) is 8.93. The second-order valence-corrected chi connectivity index (χ2v) is 7.99. The Morgan fingerprint density at radius 3 is 2.17 bits per heavy atom. The first kappa shape index (κ1) is 27.4. The molecule has 0 bridgehead atoms. The summed E-state index contributed by atoms with van der Waals surface area (Å²) in [6, 6.07) is 5.59. The number of nitrogens with one attached hydrogen (secondary N) is 1. The highest BCUT2D eigenvalue weighted by Gasteiger charge is 2.24. The fraction of sp³-hybridized carbons (Fsp3) is 0.458. The van der Waals surface area contributed by atoms with Crippen LogP contribution in [0.4, 0.5) is 22.2 Å². The van der Waals surface area contributed by atoms with Gasteiger partial charge in [-0.2, -0.15) is 4.98 Å². The molecule has 1 aromatic carbocycles. The highest BCUT2D eigenvalue weighted by atomic mass is 16.6. The van der Waals surface area contributed by atoms with Crippen molar-refractivity contribution in [3.05, 3.63) is 36.0 Å². The zero-order chi connectivity index (χ0) is 26.1. The summed E-state index contributed by atoms with van der Waals surface area (Å²) >= 11 is 0. The van der Waals surface area contributed by atoms with Crippen molar-refractivity contribution in [1.29, 1.82) is 0 Å². The van der Waals surface area contributed by atoms with Crippen molar-refractivity contribution in [3.8, 4) is 5.75 Å². The Labute approximate surface area is 205 Å². The van der Waals surface area contributed by atoms with E-state index in [9.17, 15) is 19.5 Å². The average Bonchev–Trinajstić information content (AvgIpc) is 2.81. The molecule has 11 heteroatoms. The molecule has 1 atom stereocenters. The molecule has 2 N–H and O–H groups in total. The van der Waals surface area contributed by atoms with E-state index < -0.39 is 18.1 Å². The number of nitrogens with zero attached hydrogens (tertiary/aromatic N) is 5. The first-order valence-corrected chi connectivity index (χ1v) is 11.5. The Balaban J connectivity index is 2.35. The summed E-state index contributed by atoms with van der Waals surface area (Å²) in [6.07, 6.45) is 1.17. The van der Waals surface area contributed by atoms with Gasteiger partial charge in [0.05, 0.1) is 6.20 Å². The van der Waals surface area contributed by atoms with Crippen molar-refractivity contribution in [2.75, 3.05) is 48.8 Å². The first-order chi connectivity index (χ1) is 16.6. The number of carbonyl (C=O) groups is 3. The molecule has 2 amide bonds. The van der Waals surface area contributed by atoms with Crippen LogP contribution in [0.3, 0.4) is 0 Å². The van der Waals surface area contributed by atoms with Crippen molar-refractivity contribution in [3.63, 3.8) is 0 Å². The standard InChI is InChI=1S/C24H34N6O5/c1-7-29(8-2)23-25-15-20(30(9-3)16(4)31)21(27-23)26-19(22(32)33)14-17-10-12-18(13-11-17)35-24(34)28(5)6/h10-13,15,19H,7-9,14H2,1-6H3,(H,32,33)(H,25,26,27)/t19-/m0/s1. The number of hydrogen-bond acceptors (Lipinski definition) is 8. The predicted molar refractivity (Wildman–Crippen MR) is 134 cm³/mol. The molecule has 0 fully saturated rings. The number of anilines is 3. The third kappa shape index (κ3) is 7.29. The van der Waals surface area contributed by atoms with Gasteiger partial charge < -0.3 is 29.9 Å². The van der Waals surface area contributed by atoms with Crippen LogP contribution in [-0.4, -0.2) is 77.7 Å². The molecular formula is C24H34N6O5. The molecule has 2 rings (SSSR count). The van der Waals surface area contributed by atoms with Crippen molar-refractivity contribution in [1.82, 2.24) is 14.9 Å². The lowest BCUT2D eigenvalue weighted by Crippen LogP contribution is -2.35. The molecule has 0 aliphatic carbocycles. The van der Waals surface area contributed by atoms with E-state index in [-0.39, 0.29) is 18.1 Å². The Hall–Kier alpha value is -3.89. The minimum absolute atomic E-state index is 0.132. The molecule has 0 spiro atoms. The number of carbonyl (C=O) groups excluding carboxylic acids is 2. The molecule has 1 heterocycles. The zero-order valence-corrected chi connectivity index (χ0v) is 21.1. The number of amides is 2. The van der Waals surface area contributed by atoms with E-state index in [4.69, 9.17) is 4.74 Å². The van der Waals surface area contributed by atoms with Crippen molar-refractivity contribution in [2.45, 2.75) is 40.2 Å². The van der Waals surface area contributed by atoms with Gasteiger partial charge in [-0.3, -0.25) is 4.79 Å². The third-order valence-electron chi connectivity index (χ3n) is 5.33. The number of hydrogen-bond donors (Lipinski definition) is 2. The van der Waals surface area contributed by atoms with Gasteiger partial charge in [0, 0.05) is 47.1 Å². The van der Waals surface area contributed by atoms with Gasteiger partial charge in [0.2, 0.25) is 11.9 Å². The summed E-state index contributed by atoms with van der Waals surface area (Å²) in [5.41, 5.74) is 1.13. The van der Waals surface area contributed by atoms with Crippen LogP contribution in [0.1, 0.15) is 33.3 Å². The molecule has 35 heavy (non-hydrogen) atoms. The minimum atomic E-state index is -1.08. The Morgan fingerprint density at radius 2 is 1.69 bits per heavy atom. The zero-order valence-electron chi connectivity index (χ0n) is 21.1. The van der Waals surface area contributed by atoms with Crippen LogP contribution < -0.4 is 19.9 Å². The van der Waals surface area contributed by atoms with Gasteiger partial charge in [-0.1, -0.05) is 12.1 Å². The van der Waals surface area contributed by atoms with Gasteiger partial charge in [0.1, 0.15) is 17.5 Å². The van der Waals surface area contributed by atoms with Gasteiger partial charge in [-0.15, -0.1) is 0 Å². The number of aliphatic carboxylic acids is 1. The average molecular weight is 487 g/mol. The lowest BCUT2D eigenvalue weighted by molar-refractivity contribution is -0.137. The van der Waals surface area contributed by atoms with E-state index in [0.717, 1.165) is 0 Å². The Morgan fingerprint density at radius 1 is 1.06 bits per heavy atom. The van der Waals surface area contributed by atoms with Crippen LogP contribution in [0.25, 0.3) is 0 Å².